The summed E-state index contributed by atoms with van der Waals surface area (Å²) in [7, 11) is 7.14. The molecule has 7 heteroatoms. The number of hydrogen-bond acceptors (Lipinski definition) is 6. The van der Waals surface area contributed by atoms with E-state index < -0.39 is 0 Å². The Bertz CT molecular complexity index is 473. The van der Waals surface area contributed by atoms with Crippen molar-refractivity contribution in [3.63, 3.8) is 0 Å². The zero-order chi connectivity index (χ0) is 21.0. The molecule has 1 aliphatic rings. The molecule has 1 amide bonds. The number of nitrogens with zero attached hydrogens (tertiary/aromatic N) is 1. The standard InChI is InChI=1S/C21H39NO4S2/c1-6-13-27-28-21(2,3)12-11-18(23)9-7-8-10-20(24)22-15-19(26-5)14-17(22)16-25-4/h17,19H,6-16H2,1-5H3/t17-,19+/m1/s1. The first-order valence-electron chi connectivity index (χ1n) is 10.5. The van der Waals surface area contributed by atoms with E-state index in [9.17, 15) is 9.59 Å². The lowest BCUT2D eigenvalue weighted by atomic mass is 10.0. The fraction of sp³-hybridized carbons (Fsp3) is 0.905. The fourth-order valence-corrected chi connectivity index (χ4v) is 6.05. The van der Waals surface area contributed by atoms with Crippen molar-refractivity contribution in [2.24, 2.45) is 0 Å². The molecule has 1 saturated heterocycles. The second kappa shape index (κ2) is 13.9. The maximum atomic E-state index is 12.5. The molecular weight excluding hydrogens is 394 g/mol. The van der Waals surface area contributed by atoms with E-state index in [4.69, 9.17) is 9.47 Å². The SMILES string of the molecule is CCCSSC(C)(C)CCC(=O)CCCCC(=O)N1C[C@@H](OC)C[C@@H]1COC. The van der Waals surface area contributed by atoms with Crippen molar-refractivity contribution in [1.29, 1.82) is 0 Å². The Morgan fingerprint density at radius 2 is 1.86 bits per heavy atom. The van der Waals surface area contributed by atoms with Gasteiger partial charge in [-0.1, -0.05) is 28.5 Å². The predicted molar refractivity (Wildman–Crippen MR) is 120 cm³/mol. The van der Waals surface area contributed by atoms with Crippen molar-refractivity contribution in [3.05, 3.63) is 0 Å². The van der Waals surface area contributed by atoms with Gasteiger partial charge in [0, 0.05) is 50.5 Å². The molecule has 0 aliphatic carbocycles. The summed E-state index contributed by atoms with van der Waals surface area (Å²) < 4.78 is 10.8. The molecule has 1 rings (SSSR count). The van der Waals surface area contributed by atoms with Crippen LogP contribution in [0, 0.1) is 0 Å². The minimum Gasteiger partial charge on any atom is -0.383 e. The van der Waals surface area contributed by atoms with Crippen LogP contribution in [-0.4, -0.2) is 66.6 Å². The summed E-state index contributed by atoms with van der Waals surface area (Å²) in [5, 5.41) is 0. The first kappa shape index (κ1) is 25.8. The van der Waals surface area contributed by atoms with Gasteiger partial charge in [0.25, 0.3) is 0 Å². The Balaban J connectivity index is 2.23. The molecule has 1 aliphatic heterocycles. The van der Waals surface area contributed by atoms with E-state index in [1.54, 1.807) is 14.2 Å². The van der Waals surface area contributed by atoms with Crippen LogP contribution in [0.4, 0.5) is 0 Å². The van der Waals surface area contributed by atoms with Crippen LogP contribution in [0.25, 0.3) is 0 Å². The summed E-state index contributed by atoms with van der Waals surface area (Å²) in [6.45, 7) is 7.81. The number of amides is 1. The van der Waals surface area contributed by atoms with E-state index in [2.05, 4.69) is 20.8 Å². The lowest BCUT2D eigenvalue weighted by Gasteiger charge is -2.24. The lowest BCUT2D eigenvalue weighted by molar-refractivity contribution is -0.133. The van der Waals surface area contributed by atoms with Crippen LogP contribution in [0.2, 0.25) is 0 Å². The van der Waals surface area contributed by atoms with Gasteiger partial charge in [-0.3, -0.25) is 9.59 Å². The van der Waals surface area contributed by atoms with Gasteiger partial charge >= 0.3 is 0 Å². The zero-order valence-corrected chi connectivity index (χ0v) is 20.0. The molecule has 0 unspecified atom stereocenters. The van der Waals surface area contributed by atoms with Crippen LogP contribution in [0.5, 0.6) is 0 Å². The normalized spacial score (nSPS) is 20.0. The van der Waals surface area contributed by atoms with Crippen LogP contribution < -0.4 is 0 Å². The summed E-state index contributed by atoms with van der Waals surface area (Å²) in [6.07, 6.45) is 6.30. The molecule has 0 radical (unpaired) electrons. The minimum absolute atomic E-state index is 0.0994. The number of ether oxygens (including phenoxy) is 2. The van der Waals surface area contributed by atoms with Crippen molar-refractivity contribution in [2.75, 3.05) is 33.1 Å². The van der Waals surface area contributed by atoms with Crippen LogP contribution in [0.15, 0.2) is 0 Å². The van der Waals surface area contributed by atoms with E-state index in [0.717, 1.165) is 31.4 Å². The molecule has 0 aromatic rings. The van der Waals surface area contributed by atoms with Gasteiger partial charge in [0.1, 0.15) is 5.78 Å². The van der Waals surface area contributed by atoms with Gasteiger partial charge in [0.2, 0.25) is 5.91 Å². The first-order chi connectivity index (χ1) is 13.3. The van der Waals surface area contributed by atoms with Gasteiger partial charge in [0.15, 0.2) is 0 Å². The molecule has 5 nitrogen and oxygen atoms in total. The molecule has 0 aromatic carbocycles. The molecule has 1 heterocycles. The van der Waals surface area contributed by atoms with Crippen molar-refractivity contribution < 1.29 is 19.1 Å². The van der Waals surface area contributed by atoms with Gasteiger partial charge in [-0.05, 0) is 46.0 Å². The highest BCUT2D eigenvalue weighted by molar-refractivity contribution is 8.77. The van der Waals surface area contributed by atoms with Gasteiger partial charge in [-0.15, -0.1) is 0 Å². The molecule has 0 bridgehead atoms. The molecular formula is C21H39NO4S2. The van der Waals surface area contributed by atoms with E-state index in [1.165, 1.54) is 6.42 Å². The van der Waals surface area contributed by atoms with Crippen LogP contribution in [-0.2, 0) is 19.1 Å². The Labute approximate surface area is 179 Å². The summed E-state index contributed by atoms with van der Waals surface area (Å²) >= 11 is 0. The van der Waals surface area contributed by atoms with Gasteiger partial charge in [-0.2, -0.15) is 0 Å². The molecule has 28 heavy (non-hydrogen) atoms. The second-order valence-corrected chi connectivity index (χ2v) is 11.3. The monoisotopic (exact) mass is 433 g/mol. The molecule has 0 spiro atoms. The fourth-order valence-electron chi connectivity index (χ4n) is 3.33. The van der Waals surface area contributed by atoms with Gasteiger partial charge in [-0.25, -0.2) is 0 Å². The van der Waals surface area contributed by atoms with E-state index in [-0.39, 0.29) is 22.8 Å². The number of methoxy groups -OCH3 is 2. The quantitative estimate of drug-likeness (QED) is 0.275. The number of ketones is 1. The van der Waals surface area contributed by atoms with Gasteiger partial charge < -0.3 is 14.4 Å². The number of rotatable bonds is 15. The Kier molecular flexibility index (Phi) is 12.8. The number of Topliss-reactive ketones (excluding diaryl/α,β-unsaturated/α-hetero) is 1. The largest absolute Gasteiger partial charge is 0.383 e. The van der Waals surface area contributed by atoms with Crippen molar-refractivity contribution in [3.8, 4) is 0 Å². The molecule has 1 fully saturated rings. The highest BCUT2D eigenvalue weighted by atomic mass is 33.1. The van der Waals surface area contributed by atoms with E-state index in [1.807, 2.05) is 26.5 Å². The summed E-state index contributed by atoms with van der Waals surface area (Å²) in [6, 6.07) is 0.106. The topological polar surface area (TPSA) is 55.8 Å². The highest BCUT2D eigenvalue weighted by Gasteiger charge is 2.34. The third-order valence-electron chi connectivity index (χ3n) is 5.06. The number of carbonyl (C=O) groups excluding carboxylic acids is 2. The third-order valence-corrected chi connectivity index (χ3v) is 8.62. The van der Waals surface area contributed by atoms with Crippen molar-refractivity contribution in [1.82, 2.24) is 4.90 Å². The molecule has 0 saturated carbocycles. The number of likely N-dealkylation sites (tertiary alicyclic amines) is 1. The highest BCUT2D eigenvalue weighted by Crippen LogP contribution is 2.39. The summed E-state index contributed by atoms with van der Waals surface area (Å²) in [5.41, 5.74) is 0. The second-order valence-electron chi connectivity index (χ2n) is 8.16. The van der Waals surface area contributed by atoms with E-state index >= 15 is 0 Å². The Hall–Kier alpha value is -0.240. The smallest absolute Gasteiger partial charge is 0.222 e. The maximum absolute atomic E-state index is 12.5. The Morgan fingerprint density at radius 3 is 2.50 bits per heavy atom. The van der Waals surface area contributed by atoms with Gasteiger partial charge in [0.05, 0.1) is 18.8 Å². The predicted octanol–water partition coefficient (Wildman–Crippen LogP) is 4.73. The maximum Gasteiger partial charge on any atom is 0.222 e. The minimum atomic E-state index is 0.0994. The number of unbranched alkanes of at least 4 members (excludes halogenated alkanes) is 1. The summed E-state index contributed by atoms with van der Waals surface area (Å²) in [4.78, 5) is 26.6. The molecule has 0 aromatic heterocycles. The average molecular weight is 434 g/mol. The molecule has 0 N–H and O–H groups in total. The summed E-state index contributed by atoms with van der Waals surface area (Å²) in [5.74, 6) is 1.63. The van der Waals surface area contributed by atoms with E-state index in [0.29, 0.717) is 38.2 Å². The molecule has 164 valence electrons. The molecule has 2 atom stereocenters. The number of hydrogen-bond donors (Lipinski definition) is 0. The number of carbonyl (C=O) groups is 2. The van der Waals surface area contributed by atoms with Crippen LogP contribution in [0.1, 0.15) is 72.1 Å². The first-order valence-corrected chi connectivity index (χ1v) is 12.8. The van der Waals surface area contributed by atoms with Crippen molar-refractivity contribution in [2.45, 2.75) is 89.0 Å². The average Bonchev–Trinajstić information content (AvgIpc) is 3.07. The zero-order valence-electron chi connectivity index (χ0n) is 18.3. The van der Waals surface area contributed by atoms with Crippen LogP contribution in [0.3, 0.4) is 0 Å². The van der Waals surface area contributed by atoms with Crippen molar-refractivity contribution >= 4 is 33.3 Å². The third kappa shape index (κ3) is 9.99. The Morgan fingerprint density at radius 1 is 1.14 bits per heavy atom. The lowest BCUT2D eigenvalue weighted by Crippen LogP contribution is -2.38. The van der Waals surface area contributed by atoms with Crippen LogP contribution >= 0.6 is 21.6 Å².